The van der Waals surface area contributed by atoms with E-state index in [0.717, 1.165) is 0 Å². The zero-order valence-electron chi connectivity index (χ0n) is 11.6. The lowest BCUT2D eigenvalue weighted by molar-refractivity contribution is -0.138. The molecule has 22 heavy (non-hydrogen) atoms. The summed E-state index contributed by atoms with van der Waals surface area (Å²) >= 11 is 0. The molecule has 2 atom stereocenters. The van der Waals surface area contributed by atoms with Crippen molar-refractivity contribution in [3.05, 3.63) is 47.4 Å². The predicted octanol–water partition coefficient (Wildman–Crippen LogP) is 1.47. The number of hydrogen-bond acceptors (Lipinski definition) is 4. The number of H-pyrrole nitrogens is 1. The minimum absolute atomic E-state index is 0.324. The van der Waals surface area contributed by atoms with Gasteiger partial charge in [0.25, 0.3) is 0 Å². The van der Waals surface area contributed by atoms with Crippen molar-refractivity contribution in [3.8, 4) is 0 Å². The van der Waals surface area contributed by atoms with E-state index in [2.05, 4.69) is 20.3 Å². The summed E-state index contributed by atoms with van der Waals surface area (Å²) in [6.45, 7) is 1.89. The van der Waals surface area contributed by atoms with Crippen LogP contribution in [0.25, 0.3) is 5.65 Å². The lowest BCUT2D eigenvalue weighted by Gasteiger charge is -2.23. The Bertz CT molecular complexity index is 888. The molecule has 0 saturated heterocycles. The molecule has 0 fully saturated rings. The number of aliphatic carboxylic acids is 1. The third kappa shape index (κ3) is 1.54. The van der Waals surface area contributed by atoms with Crippen LogP contribution < -0.4 is 0 Å². The topological polar surface area (TPSA) is 96.2 Å². The number of hydrogen-bond donors (Lipinski definition) is 2. The van der Waals surface area contributed by atoms with Gasteiger partial charge in [-0.2, -0.15) is 9.49 Å². The smallest absolute Gasteiger partial charge is 0.311 e. The first-order valence-electron chi connectivity index (χ1n) is 6.78. The molecular weight excluding hydrogens is 289 g/mol. The van der Waals surface area contributed by atoms with Crippen LogP contribution in [0.15, 0.2) is 24.5 Å². The Balaban J connectivity index is 2.07. The maximum Gasteiger partial charge on any atom is 0.311 e. The number of fused-ring (bicyclic) bond motifs is 3. The molecule has 8 heteroatoms. The van der Waals surface area contributed by atoms with Crippen LogP contribution in [0.2, 0.25) is 0 Å². The number of carboxylic acids is 1. The van der Waals surface area contributed by atoms with Gasteiger partial charge in [0, 0.05) is 24.0 Å². The lowest BCUT2D eigenvalue weighted by Crippen LogP contribution is -2.25. The molecule has 0 radical (unpaired) electrons. The Morgan fingerprint density at radius 3 is 3.09 bits per heavy atom. The lowest BCUT2D eigenvalue weighted by atomic mass is 9.83. The number of halogens is 1. The molecule has 2 unspecified atom stereocenters. The van der Waals surface area contributed by atoms with Gasteiger partial charge in [-0.3, -0.25) is 9.89 Å². The van der Waals surface area contributed by atoms with Gasteiger partial charge in [0.2, 0.25) is 5.95 Å². The summed E-state index contributed by atoms with van der Waals surface area (Å²) in [5.74, 6) is -2.31. The monoisotopic (exact) mass is 301 g/mol. The Hall–Kier alpha value is -2.77. The van der Waals surface area contributed by atoms with Gasteiger partial charge in [-0.05, 0) is 19.4 Å². The highest BCUT2D eigenvalue weighted by atomic mass is 19.1. The minimum Gasteiger partial charge on any atom is -0.481 e. The molecule has 4 rings (SSSR count). The number of rotatable bonds is 2. The van der Waals surface area contributed by atoms with Crippen LogP contribution in [0.4, 0.5) is 4.39 Å². The van der Waals surface area contributed by atoms with Crippen molar-refractivity contribution in [2.45, 2.75) is 24.7 Å². The van der Waals surface area contributed by atoms with Gasteiger partial charge in [0.1, 0.15) is 0 Å². The first-order chi connectivity index (χ1) is 10.5. The number of carboxylic acid groups (broad SMARTS) is 1. The normalized spacial score (nSPS) is 23.8. The van der Waals surface area contributed by atoms with E-state index in [-0.39, 0.29) is 0 Å². The van der Waals surface area contributed by atoms with E-state index in [1.54, 1.807) is 12.3 Å². The van der Waals surface area contributed by atoms with Crippen molar-refractivity contribution in [1.29, 1.82) is 0 Å². The summed E-state index contributed by atoms with van der Waals surface area (Å²) in [6.07, 6.45) is 3.50. The largest absolute Gasteiger partial charge is 0.481 e. The van der Waals surface area contributed by atoms with Gasteiger partial charge in [0.15, 0.2) is 5.65 Å². The molecule has 1 aliphatic rings. The summed E-state index contributed by atoms with van der Waals surface area (Å²) in [5.41, 5.74) is 1.54. The molecule has 0 amide bonds. The second kappa shape index (κ2) is 4.12. The van der Waals surface area contributed by atoms with E-state index in [1.165, 1.54) is 16.8 Å². The Morgan fingerprint density at radius 1 is 1.59 bits per heavy atom. The molecule has 0 bridgehead atoms. The molecule has 0 aromatic carbocycles. The number of carbonyl (C=O) groups is 1. The second-order valence-corrected chi connectivity index (χ2v) is 5.69. The molecule has 1 aliphatic carbocycles. The molecule has 3 aromatic heterocycles. The number of nitrogens with zero attached hydrogens (tertiary/aromatic N) is 4. The van der Waals surface area contributed by atoms with Crippen molar-refractivity contribution >= 4 is 11.6 Å². The molecule has 0 saturated carbocycles. The van der Waals surface area contributed by atoms with Crippen LogP contribution in [0, 0.1) is 5.95 Å². The Morgan fingerprint density at radius 2 is 2.41 bits per heavy atom. The number of aromatic amines is 1. The van der Waals surface area contributed by atoms with Crippen LogP contribution in [0.5, 0.6) is 0 Å². The minimum atomic E-state index is -0.936. The van der Waals surface area contributed by atoms with Gasteiger partial charge >= 0.3 is 5.97 Å². The van der Waals surface area contributed by atoms with Crippen LogP contribution in [-0.4, -0.2) is 35.9 Å². The van der Waals surface area contributed by atoms with Gasteiger partial charge in [0.05, 0.1) is 22.7 Å². The van der Waals surface area contributed by atoms with Crippen molar-refractivity contribution in [3.63, 3.8) is 0 Å². The van der Waals surface area contributed by atoms with Crippen molar-refractivity contribution in [1.82, 2.24) is 24.8 Å². The summed E-state index contributed by atoms with van der Waals surface area (Å²) in [5, 5.41) is 20.3. The summed E-state index contributed by atoms with van der Waals surface area (Å²) in [4.78, 5) is 15.7. The fourth-order valence-electron chi connectivity index (χ4n) is 3.35. The molecule has 7 nitrogen and oxygen atoms in total. The standard InChI is InChI=1S/C14H12FN5O2/c1-14(9-2-3-17-18-9)5-7(13(21)22)8-6-16-11-4-10(15)19-20(11)12(8)14/h2-4,6-7H,5H2,1H3,(H,17,18)(H,21,22). The van der Waals surface area contributed by atoms with Gasteiger partial charge in [-0.1, -0.05) is 0 Å². The molecule has 112 valence electrons. The van der Waals surface area contributed by atoms with Crippen LogP contribution in [-0.2, 0) is 10.2 Å². The predicted molar refractivity (Wildman–Crippen MR) is 73.0 cm³/mol. The average molecular weight is 301 g/mol. The third-order valence-corrected chi connectivity index (χ3v) is 4.36. The third-order valence-electron chi connectivity index (χ3n) is 4.36. The highest BCUT2D eigenvalue weighted by Gasteiger charge is 2.48. The van der Waals surface area contributed by atoms with Gasteiger partial charge < -0.3 is 5.11 Å². The van der Waals surface area contributed by atoms with E-state index in [9.17, 15) is 14.3 Å². The van der Waals surface area contributed by atoms with E-state index >= 15 is 0 Å². The van der Waals surface area contributed by atoms with Gasteiger partial charge in [-0.25, -0.2) is 9.50 Å². The Kier molecular flexibility index (Phi) is 2.42. The highest BCUT2D eigenvalue weighted by Crippen LogP contribution is 2.48. The summed E-state index contributed by atoms with van der Waals surface area (Å²) < 4.78 is 14.9. The highest BCUT2D eigenvalue weighted by molar-refractivity contribution is 5.79. The zero-order valence-corrected chi connectivity index (χ0v) is 11.6. The maximum atomic E-state index is 13.5. The maximum absolute atomic E-state index is 13.5. The van der Waals surface area contributed by atoms with Gasteiger partial charge in [-0.15, -0.1) is 5.10 Å². The fourth-order valence-corrected chi connectivity index (χ4v) is 3.35. The van der Waals surface area contributed by atoms with Crippen LogP contribution in [0.1, 0.15) is 36.2 Å². The SMILES string of the molecule is CC1(c2cc[nH]n2)CC(C(=O)O)c2cnc3cc(F)nn3c21. The van der Waals surface area contributed by atoms with E-state index < -0.39 is 23.2 Å². The number of aromatic nitrogens is 5. The summed E-state index contributed by atoms with van der Waals surface area (Å²) in [6, 6.07) is 3.01. The van der Waals surface area contributed by atoms with Crippen molar-refractivity contribution in [2.75, 3.05) is 0 Å². The first kappa shape index (κ1) is 12.9. The number of nitrogens with one attached hydrogen (secondary N) is 1. The molecule has 0 aliphatic heterocycles. The molecule has 3 heterocycles. The molecule has 3 aromatic rings. The fraction of sp³-hybridized carbons (Fsp3) is 0.286. The molecule has 2 N–H and O–H groups in total. The second-order valence-electron chi connectivity index (χ2n) is 5.69. The Labute approximate surface area is 123 Å². The van der Waals surface area contributed by atoms with Crippen LogP contribution in [0.3, 0.4) is 0 Å². The van der Waals surface area contributed by atoms with E-state index in [1.807, 2.05) is 6.92 Å². The quantitative estimate of drug-likeness (QED) is 0.747. The summed E-state index contributed by atoms with van der Waals surface area (Å²) in [7, 11) is 0. The molecule has 0 spiro atoms. The molecular formula is C14H12FN5O2. The van der Waals surface area contributed by atoms with E-state index in [4.69, 9.17) is 0 Å². The van der Waals surface area contributed by atoms with Crippen LogP contribution >= 0.6 is 0 Å². The van der Waals surface area contributed by atoms with Crippen molar-refractivity contribution < 1.29 is 14.3 Å². The average Bonchev–Trinajstić information content (AvgIpc) is 3.15. The first-order valence-corrected chi connectivity index (χ1v) is 6.78. The zero-order chi connectivity index (χ0) is 15.5. The van der Waals surface area contributed by atoms with E-state index in [0.29, 0.717) is 29.0 Å². The van der Waals surface area contributed by atoms with Crippen molar-refractivity contribution in [2.24, 2.45) is 0 Å².